The van der Waals surface area contributed by atoms with Gasteiger partial charge in [-0.15, -0.1) is 0 Å². The van der Waals surface area contributed by atoms with Gasteiger partial charge in [0.25, 0.3) is 0 Å². The van der Waals surface area contributed by atoms with Crippen LogP contribution < -0.4 is 0 Å². The maximum Gasteiger partial charge on any atom is 0.195 e. The Bertz CT molecular complexity index is 1440. The summed E-state index contributed by atoms with van der Waals surface area (Å²) in [5.41, 5.74) is -0.246. The van der Waals surface area contributed by atoms with Crippen LogP contribution in [0.1, 0.15) is 16.7 Å². The average molecular weight is 444 g/mol. The van der Waals surface area contributed by atoms with Crippen molar-refractivity contribution in [1.82, 2.24) is 0 Å². The molecule has 0 nitrogen and oxygen atoms in total. The normalized spacial score (nSPS) is 10.9. The summed E-state index contributed by atoms with van der Waals surface area (Å²) in [5, 5.41) is -0.987. The molecule has 0 aliphatic heterocycles. The van der Waals surface area contributed by atoms with Crippen molar-refractivity contribution >= 4 is 10.8 Å². The maximum atomic E-state index is 14.5. The molecular formula is C25H11F7. The molecule has 0 atom stereocenters. The summed E-state index contributed by atoms with van der Waals surface area (Å²) < 4.78 is 97.6. The summed E-state index contributed by atoms with van der Waals surface area (Å²) in [6.07, 6.45) is 0. The molecule has 4 rings (SSSR count). The van der Waals surface area contributed by atoms with Crippen LogP contribution in [0, 0.1) is 59.5 Å². The van der Waals surface area contributed by atoms with Gasteiger partial charge >= 0.3 is 0 Å². The van der Waals surface area contributed by atoms with Crippen LogP contribution in [-0.2, 0) is 0 Å². The Morgan fingerprint density at radius 2 is 1.28 bits per heavy atom. The largest absolute Gasteiger partial charge is 0.206 e. The van der Waals surface area contributed by atoms with Crippen molar-refractivity contribution in [3.05, 3.63) is 106 Å². The molecule has 0 radical (unpaired) electrons. The molecule has 7 heteroatoms. The Balaban J connectivity index is 1.73. The summed E-state index contributed by atoms with van der Waals surface area (Å²) in [7, 11) is 0. The lowest BCUT2D eigenvalue weighted by atomic mass is 10.0. The zero-order valence-electron chi connectivity index (χ0n) is 16.3. The average Bonchev–Trinajstić information content (AvgIpc) is 2.70. The van der Waals surface area contributed by atoms with Crippen molar-refractivity contribution in [1.29, 1.82) is 0 Å². The number of benzene rings is 4. The molecule has 0 amide bonds. The maximum absolute atomic E-state index is 14.5. The van der Waals surface area contributed by atoms with Crippen LogP contribution in [0.5, 0.6) is 0 Å². The molecule has 0 bridgehead atoms. The number of aryl methyl sites for hydroxylation is 1. The van der Waals surface area contributed by atoms with Crippen molar-refractivity contribution in [3.8, 4) is 23.0 Å². The quantitative estimate of drug-likeness (QED) is 0.166. The van der Waals surface area contributed by atoms with Crippen molar-refractivity contribution in [2.24, 2.45) is 0 Å². The first-order valence-electron chi connectivity index (χ1n) is 9.20. The van der Waals surface area contributed by atoms with E-state index in [1.807, 2.05) is 0 Å². The SMILES string of the molecule is Cc1cc(F)c(-c2ccc(C#Cc3cc(F)c4c(F)c(F)c(F)cc4c3)c(F)c2)c(F)c1. The van der Waals surface area contributed by atoms with Crippen molar-refractivity contribution in [3.63, 3.8) is 0 Å². The number of fused-ring (bicyclic) bond motifs is 1. The predicted molar refractivity (Wildman–Crippen MR) is 106 cm³/mol. The smallest absolute Gasteiger partial charge is 0.195 e. The van der Waals surface area contributed by atoms with E-state index >= 15 is 0 Å². The number of hydrogen-bond acceptors (Lipinski definition) is 0. The zero-order chi connectivity index (χ0) is 23.2. The van der Waals surface area contributed by atoms with Crippen molar-refractivity contribution in [2.75, 3.05) is 0 Å². The van der Waals surface area contributed by atoms with Crippen molar-refractivity contribution in [2.45, 2.75) is 6.92 Å². The molecule has 160 valence electrons. The van der Waals surface area contributed by atoms with Gasteiger partial charge in [0.2, 0.25) is 0 Å². The first-order chi connectivity index (χ1) is 15.2. The fourth-order valence-electron chi connectivity index (χ4n) is 3.35. The highest BCUT2D eigenvalue weighted by Crippen LogP contribution is 2.29. The van der Waals surface area contributed by atoms with E-state index < -0.39 is 46.1 Å². The third kappa shape index (κ3) is 3.80. The van der Waals surface area contributed by atoms with E-state index in [0.29, 0.717) is 11.6 Å². The summed E-state index contributed by atoms with van der Waals surface area (Å²) in [6.45, 7) is 1.52. The molecule has 0 spiro atoms. The minimum Gasteiger partial charge on any atom is -0.206 e. The highest BCUT2D eigenvalue weighted by atomic mass is 19.2. The second-order valence-corrected chi connectivity index (χ2v) is 7.09. The second kappa shape index (κ2) is 8.04. The lowest BCUT2D eigenvalue weighted by Gasteiger charge is -2.07. The Morgan fingerprint density at radius 1 is 0.594 bits per heavy atom. The van der Waals surface area contributed by atoms with Gasteiger partial charge in [0.15, 0.2) is 17.5 Å². The van der Waals surface area contributed by atoms with Gasteiger partial charge in [-0.1, -0.05) is 17.9 Å². The standard InChI is InChI=1S/C25H11F7/c1-12-6-18(27)22(19(28)7-12)15-5-4-14(17(26)10-15)3-2-13-8-16-11-21(30)24(31)25(32)23(16)20(29)9-13/h4-11H,1H3. The van der Waals surface area contributed by atoms with E-state index in [4.69, 9.17) is 0 Å². The summed E-state index contributed by atoms with van der Waals surface area (Å²) in [5.74, 6) is -3.77. The molecular weight excluding hydrogens is 433 g/mol. The van der Waals surface area contributed by atoms with Gasteiger partial charge in [-0.2, -0.15) is 0 Å². The van der Waals surface area contributed by atoms with Gasteiger partial charge in [0.1, 0.15) is 23.3 Å². The highest BCUT2D eigenvalue weighted by molar-refractivity contribution is 5.85. The zero-order valence-corrected chi connectivity index (χ0v) is 16.3. The Labute approximate surface area is 177 Å². The van der Waals surface area contributed by atoms with Crippen LogP contribution in [0.15, 0.2) is 48.5 Å². The first-order valence-corrected chi connectivity index (χ1v) is 9.20. The van der Waals surface area contributed by atoms with Gasteiger partial charge in [-0.3, -0.25) is 0 Å². The number of hydrogen-bond donors (Lipinski definition) is 0. The van der Waals surface area contributed by atoms with Crippen LogP contribution in [0.25, 0.3) is 21.9 Å². The van der Waals surface area contributed by atoms with Crippen LogP contribution in [0.3, 0.4) is 0 Å². The molecule has 4 aromatic carbocycles. The topological polar surface area (TPSA) is 0 Å². The minimum absolute atomic E-state index is 0.0345. The van der Waals surface area contributed by atoms with E-state index in [2.05, 4.69) is 11.8 Å². The fourth-order valence-corrected chi connectivity index (χ4v) is 3.35. The summed E-state index contributed by atoms with van der Waals surface area (Å²) in [6, 6.07) is 8.18. The summed E-state index contributed by atoms with van der Waals surface area (Å²) in [4.78, 5) is 0. The summed E-state index contributed by atoms with van der Waals surface area (Å²) >= 11 is 0. The van der Waals surface area contributed by atoms with E-state index in [-0.39, 0.29) is 27.6 Å². The van der Waals surface area contributed by atoms with Crippen LogP contribution in [0.4, 0.5) is 30.7 Å². The lowest BCUT2D eigenvalue weighted by molar-refractivity contribution is 0.451. The second-order valence-electron chi connectivity index (χ2n) is 7.09. The molecule has 0 saturated carbocycles. The fraction of sp³-hybridized carbons (Fsp3) is 0.0400. The minimum atomic E-state index is -1.79. The molecule has 0 saturated heterocycles. The van der Waals surface area contributed by atoms with E-state index in [1.165, 1.54) is 19.1 Å². The Hall–Kier alpha value is -3.79. The Morgan fingerprint density at radius 3 is 1.94 bits per heavy atom. The van der Waals surface area contributed by atoms with Gasteiger partial charge in [-0.05, 0) is 65.9 Å². The molecule has 0 aliphatic carbocycles. The van der Waals surface area contributed by atoms with E-state index in [9.17, 15) is 30.7 Å². The third-order valence-corrected chi connectivity index (χ3v) is 4.81. The van der Waals surface area contributed by atoms with Gasteiger partial charge < -0.3 is 0 Å². The molecule has 32 heavy (non-hydrogen) atoms. The Kier molecular flexibility index (Phi) is 5.39. The molecule has 0 fully saturated rings. The molecule has 0 N–H and O–H groups in total. The van der Waals surface area contributed by atoms with Gasteiger partial charge in [0.05, 0.1) is 16.5 Å². The number of rotatable bonds is 1. The van der Waals surface area contributed by atoms with E-state index in [1.54, 1.807) is 0 Å². The molecule has 0 aromatic heterocycles. The molecule has 0 aliphatic rings. The van der Waals surface area contributed by atoms with Gasteiger partial charge in [0, 0.05) is 5.56 Å². The molecule has 4 aromatic rings. The van der Waals surface area contributed by atoms with Crippen LogP contribution >= 0.6 is 0 Å². The highest BCUT2D eigenvalue weighted by Gasteiger charge is 2.17. The monoisotopic (exact) mass is 444 g/mol. The van der Waals surface area contributed by atoms with Crippen molar-refractivity contribution < 1.29 is 30.7 Å². The predicted octanol–water partition coefficient (Wildman–Crippen LogP) is 7.19. The van der Waals surface area contributed by atoms with Gasteiger partial charge in [-0.25, -0.2) is 30.7 Å². The molecule has 0 heterocycles. The van der Waals surface area contributed by atoms with Crippen LogP contribution in [-0.4, -0.2) is 0 Å². The first kappa shape index (κ1) is 21.4. The van der Waals surface area contributed by atoms with E-state index in [0.717, 1.165) is 30.3 Å². The molecule has 0 unspecified atom stereocenters. The lowest BCUT2D eigenvalue weighted by Crippen LogP contribution is -1.96. The number of halogens is 7. The van der Waals surface area contributed by atoms with Crippen LogP contribution in [0.2, 0.25) is 0 Å². The third-order valence-electron chi connectivity index (χ3n) is 4.81.